The molecule has 0 saturated carbocycles. The van der Waals surface area contributed by atoms with E-state index in [2.05, 4.69) is 96.0 Å². The third-order valence-electron chi connectivity index (χ3n) is 2.71. The summed E-state index contributed by atoms with van der Waals surface area (Å²) in [5.41, 5.74) is 2.43. The lowest BCUT2D eigenvalue weighted by Crippen LogP contribution is -1.95. The number of Topliss-reactive ketones (excluding diaryl/α,β-unsaturated/α-hetero) is 1. The van der Waals surface area contributed by atoms with Crippen LogP contribution in [0.4, 0.5) is 0 Å². The van der Waals surface area contributed by atoms with E-state index in [1.54, 1.807) is 13.8 Å². The largest absolute Gasteiger partial charge is 0.300 e. The minimum atomic E-state index is 0.222. The van der Waals surface area contributed by atoms with Crippen molar-refractivity contribution in [2.45, 2.75) is 33.6 Å². The maximum atomic E-state index is 10.8. The number of rotatable bonds is 3. The van der Waals surface area contributed by atoms with E-state index in [1.807, 2.05) is 12.1 Å². The highest BCUT2D eigenvalue weighted by Crippen LogP contribution is 2.05. The fourth-order valence-electron chi connectivity index (χ4n) is 1.56. The van der Waals surface area contributed by atoms with Crippen LogP contribution in [0.5, 0.6) is 0 Å². The third kappa shape index (κ3) is 15.1. The average molecular weight is 346 g/mol. The topological polar surface area (TPSA) is 17.1 Å². The first-order chi connectivity index (χ1) is 13.1. The molecule has 0 bridgehead atoms. The van der Waals surface area contributed by atoms with Gasteiger partial charge in [-0.1, -0.05) is 37.1 Å². The van der Waals surface area contributed by atoms with E-state index < -0.39 is 0 Å². The SMILES string of the molecule is C#CC#CC#CC#CC#CC#CC#CC.CCc1ccc(CC(C)=O)cc1. The van der Waals surface area contributed by atoms with Crippen molar-refractivity contribution >= 4 is 5.78 Å². The first-order valence-corrected chi connectivity index (χ1v) is 8.08. The summed E-state index contributed by atoms with van der Waals surface area (Å²) in [6, 6.07) is 8.22. The summed E-state index contributed by atoms with van der Waals surface area (Å²) in [6.45, 7) is 5.45. The van der Waals surface area contributed by atoms with Gasteiger partial charge in [0, 0.05) is 6.42 Å². The van der Waals surface area contributed by atoms with E-state index in [0.29, 0.717) is 6.42 Å². The Hall–Kier alpha value is -4.19. The molecule has 0 aromatic heterocycles. The molecular weight excluding hydrogens is 328 g/mol. The van der Waals surface area contributed by atoms with Gasteiger partial charge in [0.15, 0.2) is 0 Å². The maximum Gasteiger partial charge on any atom is 0.134 e. The molecule has 0 aliphatic heterocycles. The van der Waals surface area contributed by atoms with Crippen LogP contribution in [0.1, 0.15) is 31.9 Å². The molecule has 128 valence electrons. The minimum Gasteiger partial charge on any atom is -0.300 e. The van der Waals surface area contributed by atoms with Crippen LogP contribution < -0.4 is 0 Å². The van der Waals surface area contributed by atoms with Crippen LogP contribution in [0, 0.1) is 83.4 Å². The molecule has 1 heteroatoms. The zero-order chi connectivity index (χ0) is 20.2. The van der Waals surface area contributed by atoms with Gasteiger partial charge in [-0.15, -0.1) is 6.42 Å². The van der Waals surface area contributed by atoms with Gasteiger partial charge in [-0.25, -0.2) is 0 Å². The fraction of sp³-hybridized carbons (Fsp3) is 0.192. The Bertz CT molecular complexity index is 1040. The van der Waals surface area contributed by atoms with Crippen LogP contribution in [0.15, 0.2) is 24.3 Å². The monoisotopic (exact) mass is 346 g/mol. The molecule has 0 atom stereocenters. The van der Waals surface area contributed by atoms with Gasteiger partial charge in [0.2, 0.25) is 0 Å². The van der Waals surface area contributed by atoms with Crippen molar-refractivity contribution in [2.24, 2.45) is 0 Å². The first-order valence-electron chi connectivity index (χ1n) is 8.08. The van der Waals surface area contributed by atoms with Crippen molar-refractivity contribution in [3.8, 4) is 83.4 Å². The summed E-state index contributed by atoms with van der Waals surface area (Å²) >= 11 is 0. The highest BCUT2D eigenvalue weighted by atomic mass is 16.1. The molecule has 0 aliphatic rings. The van der Waals surface area contributed by atoms with Crippen molar-refractivity contribution in [2.75, 3.05) is 0 Å². The lowest BCUT2D eigenvalue weighted by Gasteiger charge is -1.99. The molecule has 0 aliphatic carbocycles. The first kappa shape index (κ1) is 22.8. The number of terminal acetylenes is 1. The Labute approximate surface area is 163 Å². The van der Waals surface area contributed by atoms with Crippen LogP contribution in [0.25, 0.3) is 0 Å². The highest BCUT2D eigenvalue weighted by Gasteiger charge is 1.96. The number of hydrogen-bond acceptors (Lipinski definition) is 1. The predicted molar refractivity (Wildman–Crippen MR) is 111 cm³/mol. The van der Waals surface area contributed by atoms with E-state index in [1.165, 1.54) is 5.56 Å². The molecule has 0 saturated heterocycles. The van der Waals surface area contributed by atoms with E-state index in [9.17, 15) is 4.79 Å². The van der Waals surface area contributed by atoms with E-state index >= 15 is 0 Å². The van der Waals surface area contributed by atoms with Crippen molar-refractivity contribution in [3.63, 3.8) is 0 Å². The van der Waals surface area contributed by atoms with E-state index in [0.717, 1.165) is 12.0 Å². The quantitative estimate of drug-likeness (QED) is 0.769. The van der Waals surface area contributed by atoms with Gasteiger partial charge in [0.25, 0.3) is 0 Å². The van der Waals surface area contributed by atoms with Crippen molar-refractivity contribution in [1.82, 2.24) is 0 Å². The predicted octanol–water partition coefficient (Wildman–Crippen LogP) is 3.04. The molecule has 0 amide bonds. The van der Waals surface area contributed by atoms with Crippen molar-refractivity contribution in [3.05, 3.63) is 35.4 Å². The second-order valence-corrected chi connectivity index (χ2v) is 4.82. The smallest absolute Gasteiger partial charge is 0.134 e. The van der Waals surface area contributed by atoms with Gasteiger partial charge < -0.3 is 0 Å². The summed E-state index contributed by atoms with van der Waals surface area (Å²) in [5.74, 6) is 32.1. The van der Waals surface area contributed by atoms with Gasteiger partial charge in [-0.3, -0.25) is 4.79 Å². The molecule has 27 heavy (non-hydrogen) atoms. The zero-order valence-corrected chi connectivity index (χ0v) is 15.7. The van der Waals surface area contributed by atoms with Crippen LogP contribution >= 0.6 is 0 Å². The second kappa shape index (κ2) is 16.7. The summed E-state index contributed by atoms with van der Waals surface area (Å²) in [4.78, 5) is 10.8. The molecule has 0 N–H and O–H groups in total. The Kier molecular flexibility index (Phi) is 14.1. The molecule has 1 aromatic carbocycles. The summed E-state index contributed by atoms with van der Waals surface area (Å²) in [5, 5.41) is 0. The lowest BCUT2D eigenvalue weighted by atomic mass is 10.1. The van der Waals surface area contributed by atoms with Crippen molar-refractivity contribution < 1.29 is 4.79 Å². The standard InChI is InChI=1S/C15H4.C11H14O/c1-3-5-7-9-11-13-15-14-12-10-8-6-4-2;1-3-10-4-6-11(7-5-10)8-9(2)12/h1H,2H3;4-7H,3,8H2,1-2H3. The Morgan fingerprint density at radius 1 is 0.778 bits per heavy atom. The Morgan fingerprint density at radius 2 is 1.19 bits per heavy atom. The lowest BCUT2D eigenvalue weighted by molar-refractivity contribution is -0.116. The van der Waals surface area contributed by atoms with E-state index in [-0.39, 0.29) is 5.78 Å². The maximum absolute atomic E-state index is 10.8. The van der Waals surface area contributed by atoms with Gasteiger partial charge >= 0.3 is 0 Å². The summed E-state index contributed by atoms with van der Waals surface area (Å²) in [6.07, 6.45) is 6.49. The molecule has 1 rings (SSSR count). The fourth-order valence-corrected chi connectivity index (χ4v) is 1.56. The van der Waals surface area contributed by atoms with Gasteiger partial charge in [0.05, 0.1) is 0 Å². The number of hydrogen-bond donors (Lipinski definition) is 0. The molecule has 0 unspecified atom stereocenters. The summed E-state index contributed by atoms with van der Waals surface area (Å²) < 4.78 is 0. The number of aryl methyl sites for hydroxylation is 1. The molecule has 0 heterocycles. The molecule has 0 radical (unpaired) electrons. The number of carbonyl (C=O) groups is 1. The normalized spacial score (nSPS) is 6.44. The number of benzene rings is 1. The molecular formula is C26H18O. The van der Waals surface area contributed by atoms with E-state index in [4.69, 9.17) is 6.42 Å². The van der Waals surface area contributed by atoms with Gasteiger partial charge in [-0.2, -0.15) is 0 Å². The Morgan fingerprint density at radius 3 is 1.56 bits per heavy atom. The molecule has 1 nitrogen and oxygen atoms in total. The molecule has 0 fully saturated rings. The van der Waals surface area contributed by atoms with Crippen LogP contribution in [0.2, 0.25) is 0 Å². The number of carbonyl (C=O) groups excluding carboxylic acids is 1. The van der Waals surface area contributed by atoms with Gasteiger partial charge in [-0.05, 0) is 102 Å². The molecule has 1 aromatic rings. The van der Waals surface area contributed by atoms with Crippen LogP contribution in [-0.4, -0.2) is 5.78 Å². The Balaban J connectivity index is 0.000000511. The molecule has 0 spiro atoms. The van der Waals surface area contributed by atoms with Crippen molar-refractivity contribution in [1.29, 1.82) is 0 Å². The minimum absolute atomic E-state index is 0.222. The average Bonchev–Trinajstić information content (AvgIpc) is 2.67. The van der Waals surface area contributed by atoms with Crippen LogP contribution in [-0.2, 0) is 17.6 Å². The second-order valence-electron chi connectivity index (χ2n) is 4.82. The van der Waals surface area contributed by atoms with Gasteiger partial charge in [0.1, 0.15) is 5.78 Å². The third-order valence-corrected chi connectivity index (χ3v) is 2.71. The zero-order valence-electron chi connectivity index (χ0n) is 15.7. The summed E-state index contributed by atoms with van der Waals surface area (Å²) in [7, 11) is 0. The van der Waals surface area contributed by atoms with Crippen LogP contribution in [0.3, 0.4) is 0 Å². The number of ketones is 1. The highest BCUT2D eigenvalue weighted by molar-refractivity contribution is 5.78.